The maximum Gasteiger partial charge on any atom is 0.261 e. The van der Waals surface area contributed by atoms with Gasteiger partial charge in [-0.3, -0.25) is 34.0 Å². The number of carbonyl (C=O) groups is 3. The van der Waals surface area contributed by atoms with E-state index < -0.39 is 24.1 Å². The topological polar surface area (TPSA) is 175 Å². The van der Waals surface area contributed by atoms with E-state index in [4.69, 9.17) is 15.6 Å². The highest BCUT2D eigenvalue weighted by Gasteiger charge is 2.45. The molecule has 5 aliphatic rings. The van der Waals surface area contributed by atoms with Crippen LogP contribution < -0.4 is 15.8 Å². The Labute approximate surface area is 329 Å². The molecule has 3 amide bonds. The summed E-state index contributed by atoms with van der Waals surface area (Å²) in [5.74, 6) is 0.834. The number of nitrogens with two attached hydrogens (primary N) is 1. The Hall–Kier alpha value is -5.74. The zero-order chi connectivity index (χ0) is 38.8. The molecule has 292 valence electrons. The van der Waals surface area contributed by atoms with Gasteiger partial charge in [0.2, 0.25) is 5.91 Å². The first-order valence-electron chi connectivity index (χ1n) is 19.8. The number of aromatic nitrogens is 4. The normalized spacial score (nSPS) is 22.8. The van der Waals surface area contributed by atoms with Crippen LogP contribution in [0.2, 0.25) is 0 Å². The molecule has 4 saturated heterocycles. The zero-order valence-corrected chi connectivity index (χ0v) is 31.4. The monoisotopic (exact) mass is 768 g/mol. The van der Waals surface area contributed by atoms with E-state index in [1.165, 1.54) is 6.33 Å². The van der Waals surface area contributed by atoms with Crippen molar-refractivity contribution < 1.29 is 24.2 Å². The van der Waals surface area contributed by atoms with Gasteiger partial charge in [-0.25, -0.2) is 14.6 Å². The minimum Gasteiger partial charge on any atom is -0.457 e. The van der Waals surface area contributed by atoms with Crippen LogP contribution in [0.4, 0.5) is 5.82 Å². The van der Waals surface area contributed by atoms with Gasteiger partial charge < -0.3 is 20.9 Å². The first-order valence-corrected chi connectivity index (χ1v) is 19.8. The number of piperidine rings is 2. The minimum absolute atomic E-state index is 0.161. The van der Waals surface area contributed by atoms with Gasteiger partial charge in [-0.2, -0.15) is 5.10 Å². The number of anilines is 1. The maximum absolute atomic E-state index is 13.3. The van der Waals surface area contributed by atoms with Crippen molar-refractivity contribution in [1.82, 2.24) is 44.7 Å². The quantitative estimate of drug-likeness (QED) is 0.187. The van der Waals surface area contributed by atoms with Crippen LogP contribution in [0.1, 0.15) is 58.0 Å². The number of aliphatic hydroxyl groups is 1. The Balaban J connectivity index is 0.717. The van der Waals surface area contributed by atoms with Crippen molar-refractivity contribution in [3.05, 3.63) is 95.8 Å². The van der Waals surface area contributed by atoms with Crippen LogP contribution in [0, 0.1) is 0 Å². The fourth-order valence-electron chi connectivity index (χ4n) is 9.18. The van der Waals surface area contributed by atoms with Crippen molar-refractivity contribution in [3.63, 3.8) is 0 Å². The molecule has 5 aromatic rings. The molecule has 2 aromatic heterocycles. The second kappa shape index (κ2) is 14.3. The largest absolute Gasteiger partial charge is 0.457 e. The molecular formula is C42H44N10O5. The number of nitrogen functional groups attached to an aromatic ring is 1. The van der Waals surface area contributed by atoms with Gasteiger partial charge in [-0.05, 0) is 73.4 Å². The molecule has 7 heterocycles. The van der Waals surface area contributed by atoms with Crippen LogP contribution in [0.3, 0.4) is 0 Å². The number of nitrogens with zero attached hydrogens (tertiary/aromatic N) is 8. The molecule has 15 heteroatoms. The van der Waals surface area contributed by atoms with E-state index in [-0.39, 0.29) is 24.8 Å². The standard InChI is InChI=1S/C42H44N10O5/c43-38-36-37(26-7-9-31(10-8-26)57-30-4-2-1-3-5-30)47-52(39(36)45-24-44-38)27-14-16-49(17-15-27)29-22-50(23-29)28-20-48(21-28)19-25-6-11-32-33(18-25)42(56)51(41(32)55)34-12-13-35(53)46-40(34)54/h1-11,18,24,27-29,34,40,54H,12-17,19-23H2,(H,46,53)(H2,43,44,45). The van der Waals surface area contributed by atoms with Crippen molar-refractivity contribution in [2.24, 2.45) is 0 Å². The van der Waals surface area contributed by atoms with Crippen LogP contribution in [0.25, 0.3) is 22.3 Å². The van der Waals surface area contributed by atoms with E-state index in [0.29, 0.717) is 35.6 Å². The summed E-state index contributed by atoms with van der Waals surface area (Å²) in [6, 6.07) is 23.5. The molecule has 0 spiro atoms. The van der Waals surface area contributed by atoms with Crippen molar-refractivity contribution in [2.75, 3.05) is 45.0 Å². The number of carbonyl (C=O) groups excluding carboxylic acids is 3. The van der Waals surface area contributed by atoms with Crippen molar-refractivity contribution >= 4 is 34.6 Å². The van der Waals surface area contributed by atoms with Crippen LogP contribution in [0.15, 0.2) is 79.1 Å². The fraction of sp³-hybridized carbons (Fsp3) is 0.381. The molecule has 0 aliphatic carbocycles. The van der Waals surface area contributed by atoms with E-state index in [1.54, 1.807) is 6.07 Å². The number of aliphatic hydroxyl groups excluding tert-OH is 1. The summed E-state index contributed by atoms with van der Waals surface area (Å²) in [6.45, 7) is 6.73. The summed E-state index contributed by atoms with van der Waals surface area (Å²) in [5, 5.41) is 18.7. The minimum atomic E-state index is -1.26. The molecule has 2 atom stereocenters. The lowest BCUT2D eigenvalue weighted by atomic mass is 9.95. The van der Waals surface area contributed by atoms with E-state index in [1.807, 2.05) is 66.7 Å². The number of hydrogen-bond donors (Lipinski definition) is 3. The smallest absolute Gasteiger partial charge is 0.261 e. The second-order valence-electron chi connectivity index (χ2n) is 15.9. The predicted octanol–water partition coefficient (Wildman–Crippen LogP) is 3.27. The number of fused-ring (bicyclic) bond motifs is 2. The number of ether oxygens (including phenoxy) is 1. The maximum atomic E-state index is 13.3. The average Bonchev–Trinajstić information content (AvgIpc) is 3.69. The van der Waals surface area contributed by atoms with Crippen molar-refractivity contribution in [2.45, 2.75) is 62.6 Å². The number of para-hydroxylation sites is 1. The van der Waals surface area contributed by atoms with Gasteiger partial charge in [0, 0.05) is 69.9 Å². The lowest BCUT2D eigenvalue weighted by Gasteiger charge is -2.55. The van der Waals surface area contributed by atoms with Gasteiger partial charge >= 0.3 is 0 Å². The third kappa shape index (κ3) is 6.49. The van der Waals surface area contributed by atoms with Crippen LogP contribution >= 0.6 is 0 Å². The third-order valence-electron chi connectivity index (χ3n) is 12.4. The molecule has 0 saturated carbocycles. The number of rotatable bonds is 9. The summed E-state index contributed by atoms with van der Waals surface area (Å²) in [5.41, 5.74) is 10.6. The van der Waals surface area contributed by atoms with Crippen LogP contribution in [0.5, 0.6) is 11.5 Å². The number of imide groups is 1. The molecule has 4 N–H and O–H groups in total. The number of nitrogens with one attached hydrogen (secondary N) is 1. The SMILES string of the molecule is Nc1ncnc2c1c(-c1ccc(Oc3ccccc3)cc1)nn2C1CCN(C2CN(C3CN(Cc4ccc5c(c4)C(=O)N(C4CCC(=O)NC4O)C5=O)C3)C2)CC1. The lowest BCUT2D eigenvalue weighted by molar-refractivity contribution is -0.129. The Kier molecular flexibility index (Phi) is 8.96. The summed E-state index contributed by atoms with van der Waals surface area (Å²) in [6.07, 6.45) is 2.61. The van der Waals surface area contributed by atoms with E-state index >= 15 is 0 Å². The summed E-state index contributed by atoms with van der Waals surface area (Å²) in [4.78, 5) is 55.7. The van der Waals surface area contributed by atoms with Gasteiger partial charge in [0.05, 0.1) is 28.6 Å². The highest BCUT2D eigenvalue weighted by Crippen LogP contribution is 2.37. The number of hydrogen-bond acceptors (Lipinski definition) is 12. The Morgan fingerprint density at radius 2 is 1.51 bits per heavy atom. The highest BCUT2D eigenvalue weighted by molar-refractivity contribution is 6.21. The van der Waals surface area contributed by atoms with E-state index in [0.717, 1.165) is 96.4 Å². The van der Waals surface area contributed by atoms with E-state index in [2.05, 4.69) is 34.7 Å². The molecular weight excluding hydrogens is 725 g/mol. The van der Waals surface area contributed by atoms with Gasteiger partial charge in [-0.15, -0.1) is 0 Å². The Morgan fingerprint density at radius 1 is 0.789 bits per heavy atom. The van der Waals surface area contributed by atoms with E-state index in [9.17, 15) is 19.5 Å². The highest BCUT2D eigenvalue weighted by atomic mass is 16.5. The van der Waals surface area contributed by atoms with Gasteiger partial charge in [-0.1, -0.05) is 24.3 Å². The molecule has 10 rings (SSSR count). The first kappa shape index (κ1) is 35.7. The molecule has 3 aromatic carbocycles. The molecule has 4 fully saturated rings. The molecule has 15 nitrogen and oxygen atoms in total. The first-order chi connectivity index (χ1) is 27.8. The van der Waals surface area contributed by atoms with Gasteiger partial charge in [0.1, 0.15) is 35.6 Å². The molecule has 5 aliphatic heterocycles. The Bertz CT molecular complexity index is 2350. The van der Waals surface area contributed by atoms with Crippen molar-refractivity contribution in [1.29, 1.82) is 0 Å². The Morgan fingerprint density at radius 3 is 2.26 bits per heavy atom. The summed E-state index contributed by atoms with van der Waals surface area (Å²) >= 11 is 0. The number of amides is 3. The predicted molar refractivity (Wildman–Crippen MR) is 210 cm³/mol. The number of benzene rings is 3. The molecule has 0 bridgehead atoms. The zero-order valence-electron chi connectivity index (χ0n) is 31.4. The molecule has 0 radical (unpaired) electrons. The number of likely N-dealkylation sites (tertiary alicyclic amines) is 3. The van der Waals surface area contributed by atoms with Crippen LogP contribution in [-0.4, -0.2) is 126 Å². The van der Waals surface area contributed by atoms with Gasteiger partial charge in [0.15, 0.2) is 5.65 Å². The lowest BCUT2D eigenvalue weighted by Crippen LogP contribution is -2.69. The molecule has 57 heavy (non-hydrogen) atoms. The third-order valence-corrected chi connectivity index (χ3v) is 12.4. The second-order valence-corrected chi connectivity index (χ2v) is 15.9. The van der Waals surface area contributed by atoms with Crippen molar-refractivity contribution in [3.8, 4) is 22.8 Å². The fourth-order valence-corrected chi connectivity index (χ4v) is 9.18. The summed E-state index contributed by atoms with van der Waals surface area (Å²) < 4.78 is 8.07. The summed E-state index contributed by atoms with van der Waals surface area (Å²) in [7, 11) is 0. The molecule has 2 unspecified atom stereocenters. The van der Waals surface area contributed by atoms with Crippen LogP contribution in [-0.2, 0) is 11.3 Å². The average molecular weight is 769 g/mol. The van der Waals surface area contributed by atoms with Gasteiger partial charge in [0.25, 0.3) is 11.8 Å².